The Kier molecular flexibility index (Phi) is 9.31. The van der Waals surface area contributed by atoms with Gasteiger partial charge in [0.25, 0.3) is 11.8 Å². The van der Waals surface area contributed by atoms with Gasteiger partial charge in [0.2, 0.25) is 5.37 Å². The van der Waals surface area contributed by atoms with Gasteiger partial charge in [0.1, 0.15) is 17.1 Å². The predicted octanol–water partition coefficient (Wildman–Crippen LogP) is 4.66. The first-order valence-corrected chi connectivity index (χ1v) is 17.1. The SMILES string of the molecule is CC(C)(C)OC(=O)NC1C(=O)N2C(C(=O)OC(c3ccccc3)c3ccccc3)=C(c3cnc(NC(=O)c4cccnc4)s3)C[S+]([O-])C12. The minimum atomic E-state index is -1.75. The molecule has 0 spiro atoms. The Morgan fingerprint density at radius 1 is 1.00 bits per heavy atom. The molecule has 12 nitrogen and oxygen atoms in total. The molecule has 0 saturated carbocycles. The summed E-state index contributed by atoms with van der Waals surface area (Å²) in [6, 6.07) is 20.4. The lowest BCUT2D eigenvalue weighted by molar-refractivity contribution is -0.153. The van der Waals surface area contributed by atoms with Crippen LogP contribution in [0.5, 0.6) is 0 Å². The summed E-state index contributed by atoms with van der Waals surface area (Å²) in [5.74, 6) is -2.06. The largest absolute Gasteiger partial charge is 0.614 e. The number of nitrogens with zero attached hydrogens (tertiary/aromatic N) is 3. The van der Waals surface area contributed by atoms with Crippen LogP contribution in [0.4, 0.5) is 9.93 Å². The van der Waals surface area contributed by atoms with Gasteiger partial charge in [-0.05, 0) is 55.2 Å². The molecule has 2 N–H and O–H groups in total. The molecule has 4 heterocycles. The first-order chi connectivity index (χ1) is 23.0. The molecule has 48 heavy (non-hydrogen) atoms. The van der Waals surface area contributed by atoms with Crippen molar-refractivity contribution >= 4 is 57.1 Å². The maximum Gasteiger partial charge on any atom is 0.408 e. The lowest BCUT2D eigenvalue weighted by Gasteiger charge is -2.49. The number of alkyl carbamates (subject to hydrolysis) is 1. The van der Waals surface area contributed by atoms with Crippen molar-refractivity contribution in [2.75, 3.05) is 11.1 Å². The van der Waals surface area contributed by atoms with Crippen molar-refractivity contribution in [2.24, 2.45) is 0 Å². The summed E-state index contributed by atoms with van der Waals surface area (Å²) in [4.78, 5) is 63.1. The molecular weight excluding hydrogens is 655 g/mol. The Morgan fingerprint density at radius 3 is 2.27 bits per heavy atom. The smallest absolute Gasteiger partial charge is 0.408 e. The van der Waals surface area contributed by atoms with Crippen LogP contribution in [0.15, 0.2) is 97.1 Å². The van der Waals surface area contributed by atoms with Crippen molar-refractivity contribution < 1.29 is 33.2 Å². The Hall–Kier alpha value is -5.05. The van der Waals surface area contributed by atoms with Crippen molar-refractivity contribution in [3.05, 3.63) is 119 Å². The number of β-lactam (4-membered cyclic amide) rings is 1. The van der Waals surface area contributed by atoms with Crippen LogP contribution in [0, 0.1) is 0 Å². The van der Waals surface area contributed by atoms with E-state index in [9.17, 15) is 23.7 Å². The first kappa shape index (κ1) is 32.9. The number of benzene rings is 2. The molecule has 0 bridgehead atoms. The van der Waals surface area contributed by atoms with Crippen molar-refractivity contribution in [1.82, 2.24) is 20.2 Å². The molecule has 0 aliphatic carbocycles. The summed E-state index contributed by atoms with van der Waals surface area (Å²) in [6.45, 7) is 5.05. The molecule has 246 valence electrons. The highest BCUT2D eigenvalue weighted by Gasteiger charge is 2.62. The van der Waals surface area contributed by atoms with E-state index in [1.54, 1.807) is 39.1 Å². The summed E-state index contributed by atoms with van der Waals surface area (Å²) in [6.07, 6.45) is 2.73. The fourth-order valence-corrected chi connectivity index (χ4v) is 7.90. The maximum absolute atomic E-state index is 14.3. The van der Waals surface area contributed by atoms with E-state index in [1.807, 2.05) is 60.7 Å². The van der Waals surface area contributed by atoms with E-state index >= 15 is 0 Å². The quantitative estimate of drug-likeness (QED) is 0.153. The van der Waals surface area contributed by atoms with Gasteiger partial charge in [-0.15, -0.1) is 0 Å². The lowest BCUT2D eigenvalue weighted by atomic mass is 10.0. The number of rotatable bonds is 8. The molecular formula is C34H31N5O7S2. The van der Waals surface area contributed by atoms with Gasteiger partial charge < -0.3 is 19.3 Å². The van der Waals surface area contributed by atoms with E-state index < -0.39 is 58.2 Å². The average Bonchev–Trinajstić information content (AvgIpc) is 3.54. The second kappa shape index (κ2) is 13.6. The minimum Gasteiger partial charge on any atom is -0.614 e. The molecule has 2 aliphatic rings. The molecule has 2 aromatic heterocycles. The van der Waals surface area contributed by atoms with E-state index in [-0.39, 0.29) is 22.2 Å². The van der Waals surface area contributed by atoms with E-state index in [1.165, 1.54) is 12.4 Å². The topological polar surface area (TPSA) is 163 Å². The molecule has 4 aromatic rings. The Bertz CT molecular complexity index is 1820. The number of fused-ring (bicyclic) bond motifs is 1. The Balaban J connectivity index is 1.36. The molecule has 2 aromatic carbocycles. The number of carbonyl (C=O) groups excluding carboxylic acids is 4. The fourth-order valence-electron chi connectivity index (χ4n) is 5.27. The number of amides is 3. The number of carbonyl (C=O) groups is 4. The number of pyridine rings is 1. The van der Waals surface area contributed by atoms with Crippen LogP contribution < -0.4 is 10.6 Å². The Labute approximate surface area is 283 Å². The van der Waals surface area contributed by atoms with Crippen LogP contribution in [0.3, 0.4) is 0 Å². The zero-order chi connectivity index (χ0) is 34.0. The molecule has 0 radical (unpaired) electrons. The molecule has 14 heteroatoms. The van der Waals surface area contributed by atoms with Gasteiger partial charge >= 0.3 is 12.1 Å². The average molecular weight is 686 g/mol. The number of aromatic nitrogens is 2. The number of hydrogen-bond acceptors (Lipinski definition) is 10. The van der Waals surface area contributed by atoms with Crippen molar-refractivity contribution in [2.45, 2.75) is 43.9 Å². The maximum atomic E-state index is 14.3. The van der Waals surface area contributed by atoms with Crippen LogP contribution in [-0.4, -0.2) is 66.1 Å². The summed E-state index contributed by atoms with van der Waals surface area (Å²) in [5, 5.41) is 4.41. The van der Waals surface area contributed by atoms with Gasteiger partial charge in [-0.2, -0.15) is 0 Å². The lowest BCUT2D eigenvalue weighted by Crippen LogP contribution is -2.74. The van der Waals surface area contributed by atoms with Gasteiger partial charge in [0.15, 0.2) is 17.3 Å². The van der Waals surface area contributed by atoms with Crippen molar-refractivity contribution in [1.29, 1.82) is 0 Å². The second-order valence-corrected chi connectivity index (χ2v) is 14.5. The zero-order valence-corrected chi connectivity index (χ0v) is 27.7. The number of esters is 1. The molecule has 3 unspecified atom stereocenters. The third-order valence-electron chi connectivity index (χ3n) is 7.37. The zero-order valence-electron chi connectivity index (χ0n) is 26.1. The summed E-state index contributed by atoms with van der Waals surface area (Å²) in [7, 11) is 0. The molecule has 6 rings (SSSR count). The van der Waals surface area contributed by atoms with Gasteiger partial charge in [0, 0.05) is 18.6 Å². The van der Waals surface area contributed by atoms with E-state index in [4.69, 9.17) is 9.47 Å². The van der Waals surface area contributed by atoms with Gasteiger partial charge in [0.05, 0.1) is 16.0 Å². The molecule has 3 atom stereocenters. The summed E-state index contributed by atoms with van der Waals surface area (Å²) >= 11 is -0.697. The minimum absolute atomic E-state index is 0.113. The normalized spacial score (nSPS) is 18.9. The molecule has 1 fully saturated rings. The third kappa shape index (κ3) is 6.95. The first-order valence-electron chi connectivity index (χ1n) is 14.9. The number of thiazole rings is 1. The predicted molar refractivity (Wildman–Crippen MR) is 179 cm³/mol. The summed E-state index contributed by atoms with van der Waals surface area (Å²) < 4.78 is 25.2. The highest BCUT2D eigenvalue weighted by molar-refractivity contribution is 7.92. The fraction of sp³-hybridized carbons (Fsp3) is 0.235. The molecule has 1 saturated heterocycles. The number of hydrogen-bond donors (Lipinski definition) is 2. The van der Waals surface area contributed by atoms with Crippen LogP contribution in [0.25, 0.3) is 5.57 Å². The third-order valence-corrected chi connectivity index (χ3v) is 9.94. The van der Waals surface area contributed by atoms with Gasteiger partial charge in [-0.3, -0.25) is 24.8 Å². The van der Waals surface area contributed by atoms with Crippen LogP contribution in [-0.2, 0) is 30.2 Å². The highest BCUT2D eigenvalue weighted by Crippen LogP contribution is 2.43. The van der Waals surface area contributed by atoms with Gasteiger partial charge in [-0.1, -0.05) is 72.0 Å². The molecule has 3 amide bonds. The Morgan fingerprint density at radius 2 is 1.67 bits per heavy atom. The van der Waals surface area contributed by atoms with Crippen molar-refractivity contribution in [3.8, 4) is 0 Å². The van der Waals surface area contributed by atoms with Crippen LogP contribution in [0.1, 0.15) is 53.2 Å². The van der Waals surface area contributed by atoms with Crippen LogP contribution in [0.2, 0.25) is 0 Å². The number of ether oxygens (including phenoxy) is 2. The summed E-state index contributed by atoms with van der Waals surface area (Å²) in [5.41, 5.74) is 1.04. The van der Waals surface area contributed by atoms with E-state index in [0.717, 1.165) is 16.2 Å². The van der Waals surface area contributed by atoms with E-state index in [0.29, 0.717) is 21.6 Å². The second-order valence-electron chi connectivity index (χ2n) is 11.9. The van der Waals surface area contributed by atoms with E-state index in [2.05, 4.69) is 20.6 Å². The van der Waals surface area contributed by atoms with Gasteiger partial charge in [-0.25, -0.2) is 14.6 Å². The van der Waals surface area contributed by atoms with Crippen molar-refractivity contribution in [3.63, 3.8) is 0 Å². The van der Waals surface area contributed by atoms with Crippen LogP contribution >= 0.6 is 11.3 Å². The highest BCUT2D eigenvalue weighted by atomic mass is 32.2. The molecule has 2 aliphatic heterocycles. The number of anilines is 1. The number of nitrogens with one attached hydrogen (secondary N) is 2. The monoisotopic (exact) mass is 685 g/mol. The standard InChI is InChI=1S/C34H31N5O7S2/c1-34(2,3)46-33(43)37-25-29(41)39-26(31(42)45-27(20-11-6-4-7-12-20)21-13-8-5-9-14-21)23(19-48(44)30(25)39)24-18-36-32(47-24)38-28(40)22-15-10-16-35-17-22/h4-18,25,27,30H,19H2,1-3H3,(H,37,43)(H,36,38,40).